The molecule has 3 heteroatoms. The van der Waals surface area contributed by atoms with E-state index in [1.54, 1.807) is 0 Å². The molecule has 1 aromatic carbocycles. The van der Waals surface area contributed by atoms with Gasteiger partial charge in [-0.25, -0.2) is 0 Å². The van der Waals surface area contributed by atoms with Gasteiger partial charge >= 0.3 is 0 Å². The highest BCUT2D eigenvalue weighted by molar-refractivity contribution is 9.10. The predicted molar refractivity (Wildman–Crippen MR) is 58.6 cm³/mol. The van der Waals surface area contributed by atoms with E-state index in [9.17, 15) is 0 Å². The zero-order chi connectivity index (χ0) is 10.2. The van der Waals surface area contributed by atoms with Gasteiger partial charge in [0.15, 0.2) is 0 Å². The Morgan fingerprint density at radius 2 is 2.21 bits per heavy atom. The van der Waals surface area contributed by atoms with Crippen LogP contribution in [0, 0.1) is 6.92 Å². The maximum absolute atomic E-state index is 9.11. The monoisotopic (exact) mass is 256 g/mol. The van der Waals surface area contributed by atoms with Gasteiger partial charge in [0.2, 0.25) is 0 Å². The van der Waals surface area contributed by atoms with E-state index in [1.165, 1.54) is 0 Å². The zero-order valence-corrected chi connectivity index (χ0v) is 9.67. The second kappa shape index (κ2) is 3.55. The molecule has 14 heavy (non-hydrogen) atoms. The number of aryl methyl sites for hydroxylation is 1. The van der Waals surface area contributed by atoms with Crippen LogP contribution in [0.3, 0.4) is 0 Å². The van der Waals surface area contributed by atoms with Crippen molar-refractivity contribution < 1.29 is 9.84 Å². The fraction of sp³-hybridized carbons (Fsp3) is 0.455. The van der Waals surface area contributed by atoms with Crippen LogP contribution in [-0.2, 0) is 0 Å². The molecule has 0 saturated heterocycles. The summed E-state index contributed by atoms with van der Waals surface area (Å²) in [4.78, 5) is 0. The van der Waals surface area contributed by atoms with E-state index in [-0.39, 0.29) is 12.2 Å². The molecule has 1 fully saturated rings. The van der Waals surface area contributed by atoms with Gasteiger partial charge in [0.05, 0.1) is 6.61 Å². The number of rotatable bonds is 3. The molecule has 1 aliphatic carbocycles. The van der Waals surface area contributed by atoms with Gasteiger partial charge < -0.3 is 9.84 Å². The highest BCUT2D eigenvalue weighted by atomic mass is 79.9. The molecule has 1 aromatic rings. The Labute approximate surface area is 92.0 Å². The summed E-state index contributed by atoms with van der Waals surface area (Å²) in [6.45, 7) is 2.14. The largest absolute Gasteiger partial charge is 0.485 e. The van der Waals surface area contributed by atoms with Gasteiger partial charge in [-0.3, -0.25) is 0 Å². The number of ether oxygens (including phenoxy) is 1. The number of halogens is 1. The van der Waals surface area contributed by atoms with Gasteiger partial charge in [0.25, 0.3) is 0 Å². The Morgan fingerprint density at radius 1 is 1.50 bits per heavy atom. The first kappa shape index (κ1) is 9.99. The van der Waals surface area contributed by atoms with Crippen LogP contribution in [-0.4, -0.2) is 17.3 Å². The minimum Gasteiger partial charge on any atom is -0.485 e. The van der Waals surface area contributed by atoms with E-state index in [0.717, 1.165) is 28.6 Å². The first-order valence-corrected chi connectivity index (χ1v) is 5.51. The Bertz CT molecular complexity index is 345. The lowest BCUT2D eigenvalue weighted by Gasteiger charge is -2.15. The van der Waals surface area contributed by atoms with Crippen molar-refractivity contribution in [2.45, 2.75) is 25.4 Å². The maximum Gasteiger partial charge on any atom is 0.132 e. The smallest absolute Gasteiger partial charge is 0.132 e. The van der Waals surface area contributed by atoms with E-state index < -0.39 is 0 Å². The summed E-state index contributed by atoms with van der Waals surface area (Å²) < 4.78 is 6.81. The molecule has 0 radical (unpaired) electrons. The summed E-state index contributed by atoms with van der Waals surface area (Å²) >= 11 is 3.44. The maximum atomic E-state index is 9.11. The van der Waals surface area contributed by atoms with E-state index in [1.807, 2.05) is 25.1 Å². The minimum atomic E-state index is -0.278. The van der Waals surface area contributed by atoms with Crippen LogP contribution in [0.4, 0.5) is 0 Å². The third-order valence-electron chi connectivity index (χ3n) is 2.56. The van der Waals surface area contributed by atoms with E-state index in [4.69, 9.17) is 9.84 Å². The number of hydrogen-bond donors (Lipinski definition) is 1. The van der Waals surface area contributed by atoms with Gasteiger partial charge in [-0.15, -0.1) is 0 Å². The van der Waals surface area contributed by atoms with Crippen molar-refractivity contribution in [2.75, 3.05) is 6.61 Å². The Morgan fingerprint density at radius 3 is 2.71 bits per heavy atom. The minimum absolute atomic E-state index is 0.113. The lowest BCUT2D eigenvalue weighted by atomic mass is 10.2. The van der Waals surface area contributed by atoms with Crippen molar-refractivity contribution in [1.29, 1.82) is 0 Å². The fourth-order valence-electron chi connectivity index (χ4n) is 1.36. The highest BCUT2D eigenvalue weighted by Gasteiger charge is 2.44. The number of aliphatic hydroxyl groups excluding tert-OH is 1. The normalized spacial score (nSPS) is 17.9. The molecule has 1 N–H and O–H groups in total. The number of aliphatic hydroxyl groups is 1. The Hall–Kier alpha value is -0.540. The number of benzene rings is 1. The van der Waals surface area contributed by atoms with Crippen LogP contribution in [0.5, 0.6) is 5.75 Å². The van der Waals surface area contributed by atoms with Crippen molar-refractivity contribution in [3.63, 3.8) is 0 Å². The Balaban J connectivity index is 2.14. The molecule has 0 aliphatic heterocycles. The van der Waals surface area contributed by atoms with Crippen molar-refractivity contribution in [3.05, 3.63) is 28.2 Å². The molecular weight excluding hydrogens is 244 g/mol. The molecule has 0 unspecified atom stereocenters. The van der Waals surface area contributed by atoms with Crippen LogP contribution in [0.15, 0.2) is 22.7 Å². The molecule has 0 aromatic heterocycles. The fourth-order valence-corrected chi connectivity index (χ4v) is 1.61. The van der Waals surface area contributed by atoms with E-state index in [0.29, 0.717) is 0 Å². The second-order valence-corrected chi connectivity index (χ2v) is 4.71. The van der Waals surface area contributed by atoms with Gasteiger partial charge in [0.1, 0.15) is 11.4 Å². The molecule has 2 nitrogen and oxygen atoms in total. The van der Waals surface area contributed by atoms with Crippen LogP contribution < -0.4 is 4.74 Å². The van der Waals surface area contributed by atoms with Gasteiger partial charge in [-0.2, -0.15) is 0 Å². The van der Waals surface area contributed by atoms with Crippen LogP contribution in [0.25, 0.3) is 0 Å². The van der Waals surface area contributed by atoms with E-state index >= 15 is 0 Å². The SMILES string of the molecule is Cc1cc(OC2(CO)CC2)ccc1Br. The molecule has 1 aliphatic rings. The highest BCUT2D eigenvalue weighted by Crippen LogP contribution is 2.40. The van der Waals surface area contributed by atoms with Crippen LogP contribution in [0.2, 0.25) is 0 Å². The molecule has 0 heterocycles. The lowest BCUT2D eigenvalue weighted by Crippen LogP contribution is -2.22. The average molecular weight is 257 g/mol. The quantitative estimate of drug-likeness (QED) is 0.902. The summed E-state index contributed by atoms with van der Waals surface area (Å²) in [5.41, 5.74) is 0.872. The van der Waals surface area contributed by atoms with Gasteiger partial charge in [-0.05, 0) is 43.5 Å². The van der Waals surface area contributed by atoms with Crippen LogP contribution in [0.1, 0.15) is 18.4 Å². The summed E-state index contributed by atoms with van der Waals surface area (Å²) in [6, 6.07) is 5.88. The van der Waals surface area contributed by atoms with Gasteiger partial charge in [0, 0.05) is 4.47 Å². The van der Waals surface area contributed by atoms with Crippen molar-refractivity contribution >= 4 is 15.9 Å². The molecule has 0 amide bonds. The molecule has 0 atom stereocenters. The molecule has 1 saturated carbocycles. The molecule has 2 rings (SSSR count). The van der Waals surface area contributed by atoms with Gasteiger partial charge in [-0.1, -0.05) is 15.9 Å². The standard InChI is InChI=1S/C11H13BrO2/c1-8-6-9(2-3-10(8)12)14-11(7-13)4-5-11/h2-3,6,13H,4-5,7H2,1H3. The molecule has 76 valence electrons. The van der Waals surface area contributed by atoms with Crippen molar-refractivity contribution in [2.24, 2.45) is 0 Å². The molecular formula is C11H13BrO2. The predicted octanol–water partition coefficient (Wildman–Crippen LogP) is 2.66. The average Bonchev–Trinajstić information content (AvgIpc) is 2.93. The van der Waals surface area contributed by atoms with Crippen molar-refractivity contribution in [3.8, 4) is 5.75 Å². The Kier molecular flexibility index (Phi) is 2.54. The van der Waals surface area contributed by atoms with E-state index in [2.05, 4.69) is 15.9 Å². The summed E-state index contributed by atoms with van der Waals surface area (Å²) in [5.74, 6) is 0.845. The summed E-state index contributed by atoms with van der Waals surface area (Å²) in [6.07, 6.45) is 1.91. The summed E-state index contributed by atoms with van der Waals surface area (Å²) in [7, 11) is 0. The van der Waals surface area contributed by atoms with Crippen LogP contribution >= 0.6 is 15.9 Å². The zero-order valence-electron chi connectivity index (χ0n) is 8.09. The lowest BCUT2D eigenvalue weighted by molar-refractivity contribution is 0.0953. The van der Waals surface area contributed by atoms with Crippen molar-refractivity contribution in [1.82, 2.24) is 0 Å². The molecule has 0 bridgehead atoms. The second-order valence-electron chi connectivity index (χ2n) is 3.85. The molecule has 0 spiro atoms. The third-order valence-corrected chi connectivity index (χ3v) is 3.45. The first-order chi connectivity index (χ1) is 6.65. The topological polar surface area (TPSA) is 29.5 Å². The summed E-state index contributed by atoms with van der Waals surface area (Å²) in [5, 5.41) is 9.11. The first-order valence-electron chi connectivity index (χ1n) is 4.71. The third kappa shape index (κ3) is 1.93. The number of hydrogen-bond acceptors (Lipinski definition) is 2.